The Morgan fingerprint density at radius 3 is 2.53 bits per heavy atom. The summed E-state index contributed by atoms with van der Waals surface area (Å²) >= 11 is 0. The van der Waals surface area contributed by atoms with Crippen molar-refractivity contribution in [1.29, 1.82) is 0 Å². The maximum atomic E-state index is 12.7. The van der Waals surface area contributed by atoms with Crippen LogP contribution in [0.2, 0.25) is 0 Å². The van der Waals surface area contributed by atoms with E-state index in [4.69, 9.17) is 0 Å². The average molecular weight is 264 g/mol. The molecule has 1 aromatic rings. The fraction of sp³-hybridized carbons (Fsp3) is 0.308. The monoisotopic (exact) mass is 264 g/mol. The van der Waals surface area contributed by atoms with Crippen LogP contribution in [-0.2, 0) is 4.79 Å². The molecule has 5 nitrogen and oxygen atoms in total. The van der Waals surface area contributed by atoms with Gasteiger partial charge in [-0.3, -0.25) is 14.5 Å². The van der Waals surface area contributed by atoms with Crippen molar-refractivity contribution in [2.24, 2.45) is 0 Å². The van der Waals surface area contributed by atoms with Crippen LogP contribution in [0, 0.1) is 5.82 Å². The second-order valence-electron chi connectivity index (χ2n) is 4.24. The van der Waals surface area contributed by atoms with Crippen LogP contribution < -0.4 is 5.32 Å². The lowest BCUT2D eigenvalue weighted by atomic mass is 10.1. The zero-order valence-corrected chi connectivity index (χ0v) is 10.2. The summed E-state index contributed by atoms with van der Waals surface area (Å²) in [5.74, 6) is -0.804. The number of Topliss-reactive ketones (excluding diaryl/α,β-unsaturated/α-hetero) is 1. The summed E-state index contributed by atoms with van der Waals surface area (Å²) in [7, 11) is 0. The Labute approximate surface area is 109 Å². The first-order valence-corrected chi connectivity index (χ1v) is 5.95. The smallest absolute Gasteiger partial charge is 0.324 e. The Kier molecular flexibility index (Phi) is 3.89. The first kappa shape index (κ1) is 13.2. The van der Waals surface area contributed by atoms with Crippen molar-refractivity contribution >= 4 is 17.7 Å². The molecule has 1 fully saturated rings. The Morgan fingerprint density at radius 2 is 1.95 bits per heavy atom. The fourth-order valence-corrected chi connectivity index (χ4v) is 1.86. The summed E-state index contributed by atoms with van der Waals surface area (Å²) in [6, 6.07) is 4.88. The van der Waals surface area contributed by atoms with E-state index in [2.05, 4.69) is 5.32 Å². The summed E-state index contributed by atoms with van der Waals surface area (Å²) in [5.41, 5.74) is 0.429. The molecular weight excluding hydrogens is 251 g/mol. The van der Waals surface area contributed by atoms with Crippen LogP contribution in [0.3, 0.4) is 0 Å². The molecule has 0 unspecified atom stereocenters. The number of hydrogen-bond acceptors (Lipinski definition) is 3. The molecule has 19 heavy (non-hydrogen) atoms. The lowest BCUT2D eigenvalue weighted by Crippen LogP contribution is -2.32. The van der Waals surface area contributed by atoms with Gasteiger partial charge in [0.25, 0.3) is 0 Å². The Balaban J connectivity index is 1.82. The number of carbonyl (C=O) groups excluding carboxylic acids is 3. The van der Waals surface area contributed by atoms with Gasteiger partial charge in [-0.05, 0) is 30.7 Å². The molecule has 2 rings (SSSR count). The van der Waals surface area contributed by atoms with E-state index in [1.807, 2.05) is 0 Å². The van der Waals surface area contributed by atoms with E-state index < -0.39 is 11.8 Å². The largest absolute Gasteiger partial charge is 0.329 e. The number of halogens is 1. The number of amides is 3. The van der Waals surface area contributed by atoms with Gasteiger partial charge in [0.05, 0.1) is 6.54 Å². The van der Waals surface area contributed by atoms with E-state index in [0.717, 1.165) is 4.90 Å². The van der Waals surface area contributed by atoms with Crippen molar-refractivity contribution in [1.82, 2.24) is 10.2 Å². The van der Waals surface area contributed by atoms with Gasteiger partial charge in [-0.15, -0.1) is 0 Å². The van der Waals surface area contributed by atoms with Crippen molar-refractivity contribution in [3.8, 4) is 0 Å². The fourth-order valence-electron chi connectivity index (χ4n) is 1.86. The van der Waals surface area contributed by atoms with Gasteiger partial charge in [0.2, 0.25) is 5.91 Å². The summed E-state index contributed by atoms with van der Waals surface area (Å²) in [5, 5.41) is 2.41. The summed E-state index contributed by atoms with van der Waals surface area (Å²) < 4.78 is 12.7. The second-order valence-corrected chi connectivity index (χ2v) is 4.24. The zero-order chi connectivity index (χ0) is 13.8. The molecule has 1 N–H and O–H groups in total. The third-order valence-electron chi connectivity index (χ3n) is 2.89. The molecule has 0 saturated carbocycles. The van der Waals surface area contributed by atoms with E-state index in [1.54, 1.807) is 0 Å². The maximum absolute atomic E-state index is 12.7. The zero-order valence-electron chi connectivity index (χ0n) is 10.2. The third-order valence-corrected chi connectivity index (χ3v) is 2.89. The van der Waals surface area contributed by atoms with Gasteiger partial charge in [-0.2, -0.15) is 0 Å². The van der Waals surface area contributed by atoms with Gasteiger partial charge in [-0.1, -0.05) is 0 Å². The topological polar surface area (TPSA) is 66.5 Å². The first-order chi connectivity index (χ1) is 9.08. The second kappa shape index (κ2) is 5.60. The van der Waals surface area contributed by atoms with Gasteiger partial charge in [0.1, 0.15) is 5.82 Å². The Morgan fingerprint density at radius 1 is 1.26 bits per heavy atom. The number of nitrogens with zero attached hydrogens (tertiary/aromatic N) is 1. The quantitative estimate of drug-likeness (QED) is 0.644. The predicted octanol–water partition coefficient (Wildman–Crippen LogP) is 1.34. The molecular formula is C13H13FN2O3. The lowest BCUT2D eigenvalue weighted by Gasteiger charge is -2.11. The number of nitrogens with one attached hydrogen (secondary N) is 1. The molecule has 0 atom stereocenters. The molecule has 0 aromatic heterocycles. The van der Waals surface area contributed by atoms with Gasteiger partial charge in [0, 0.05) is 18.5 Å². The SMILES string of the molecule is O=C(CCCN1C(=O)CNC1=O)c1ccc(F)cc1. The molecule has 6 heteroatoms. The minimum absolute atomic E-state index is 0.0186. The van der Waals surface area contributed by atoms with Crippen LogP contribution >= 0.6 is 0 Å². The van der Waals surface area contributed by atoms with Crippen molar-refractivity contribution in [3.05, 3.63) is 35.6 Å². The number of rotatable bonds is 5. The maximum Gasteiger partial charge on any atom is 0.324 e. The number of carbonyl (C=O) groups is 3. The standard InChI is InChI=1S/C13H13FN2O3/c14-10-5-3-9(4-6-10)11(17)2-1-7-16-12(18)8-15-13(16)19/h3-6H,1-2,7-8H2,(H,15,19). The highest BCUT2D eigenvalue weighted by Crippen LogP contribution is 2.09. The highest BCUT2D eigenvalue weighted by Gasteiger charge is 2.27. The van der Waals surface area contributed by atoms with Crippen molar-refractivity contribution in [3.63, 3.8) is 0 Å². The minimum atomic E-state index is -0.417. The van der Waals surface area contributed by atoms with E-state index in [0.29, 0.717) is 12.0 Å². The third kappa shape index (κ3) is 3.15. The number of benzene rings is 1. The molecule has 0 aliphatic carbocycles. The molecule has 1 aliphatic heterocycles. The van der Waals surface area contributed by atoms with E-state index in [9.17, 15) is 18.8 Å². The van der Waals surface area contributed by atoms with Crippen LogP contribution in [0.1, 0.15) is 23.2 Å². The predicted molar refractivity (Wildman–Crippen MR) is 65.1 cm³/mol. The van der Waals surface area contributed by atoms with E-state index in [1.165, 1.54) is 24.3 Å². The number of urea groups is 1. The molecule has 0 bridgehead atoms. The van der Waals surface area contributed by atoms with Gasteiger partial charge in [0.15, 0.2) is 5.78 Å². The van der Waals surface area contributed by atoms with E-state index >= 15 is 0 Å². The van der Waals surface area contributed by atoms with E-state index in [-0.39, 0.29) is 31.2 Å². The number of hydrogen-bond donors (Lipinski definition) is 1. The van der Waals surface area contributed by atoms with Crippen LogP contribution in [0.15, 0.2) is 24.3 Å². The van der Waals surface area contributed by atoms with Gasteiger partial charge < -0.3 is 5.32 Å². The van der Waals surface area contributed by atoms with Crippen molar-refractivity contribution in [2.45, 2.75) is 12.8 Å². The van der Waals surface area contributed by atoms with Crippen molar-refractivity contribution < 1.29 is 18.8 Å². The summed E-state index contributed by atoms with van der Waals surface area (Å²) in [4.78, 5) is 35.4. The Hall–Kier alpha value is -2.24. The molecule has 1 heterocycles. The van der Waals surface area contributed by atoms with Crippen LogP contribution in [0.25, 0.3) is 0 Å². The molecule has 0 radical (unpaired) electrons. The van der Waals surface area contributed by atoms with Crippen molar-refractivity contribution in [2.75, 3.05) is 13.1 Å². The number of ketones is 1. The lowest BCUT2D eigenvalue weighted by molar-refractivity contribution is -0.125. The van der Waals surface area contributed by atoms with Crippen LogP contribution in [-0.4, -0.2) is 35.7 Å². The molecule has 1 aliphatic rings. The highest BCUT2D eigenvalue weighted by atomic mass is 19.1. The Bertz CT molecular complexity index is 497. The first-order valence-electron chi connectivity index (χ1n) is 5.95. The summed E-state index contributed by atoms with van der Waals surface area (Å²) in [6.45, 7) is 0.238. The molecule has 1 aromatic carbocycles. The van der Waals surface area contributed by atoms with Gasteiger partial charge in [-0.25, -0.2) is 9.18 Å². The minimum Gasteiger partial charge on any atom is -0.329 e. The van der Waals surface area contributed by atoms with Crippen LogP contribution in [0.4, 0.5) is 9.18 Å². The molecule has 1 saturated heterocycles. The highest BCUT2D eigenvalue weighted by molar-refractivity contribution is 6.02. The normalized spacial score (nSPS) is 14.7. The number of imide groups is 1. The van der Waals surface area contributed by atoms with Crippen LogP contribution in [0.5, 0.6) is 0 Å². The molecule has 100 valence electrons. The average Bonchev–Trinajstić information content (AvgIpc) is 2.71. The van der Waals surface area contributed by atoms with Gasteiger partial charge >= 0.3 is 6.03 Å². The molecule has 0 spiro atoms. The molecule has 3 amide bonds. The summed E-state index contributed by atoms with van der Waals surface area (Å²) in [6.07, 6.45) is 0.609.